The summed E-state index contributed by atoms with van der Waals surface area (Å²) in [6, 6.07) is -0.698. The van der Waals surface area contributed by atoms with E-state index in [0.717, 1.165) is 15.6 Å². The first-order chi connectivity index (χ1) is 10.5. The summed E-state index contributed by atoms with van der Waals surface area (Å²) in [5.41, 5.74) is 0. The molecule has 1 rings (SSSR count). The number of rotatable bonds is 5. The van der Waals surface area contributed by atoms with Crippen molar-refractivity contribution in [2.24, 2.45) is 5.92 Å². The number of alkyl halides is 3. The number of halogens is 3. The second kappa shape index (κ2) is 7.52. The molecule has 1 aliphatic heterocycles. The van der Waals surface area contributed by atoms with Crippen LogP contribution in [-0.2, 0) is 10.0 Å². The van der Waals surface area contributed by atoms with Gasteiger partial charge in [-0.1, -0.05) is 19.1 Å². The number of carbonyl (C=O) groups excluding carboxylic acids is 1. The second-order valence-corrected chi connectivity index (χ2v) is 7.85. The minimum absolute atomic E-state index is 0.185. The lowest BCUT2D eigenvalue weighted by Crippen LogP contribution is -2.43. The van der Waals surface area contributed by atoms with E-state index >= 15 is 0 Å². The predicted molar refractivity (Wildman–Crippen MR) is 80.3 cm³/mol. The number of urea groups is 1. The zero-order valence-corrected chi connectivity index (χ0v) is 14.1. The van der Waals surface area contributed by atoms with Crippen molar-refractivity contribution < 1.29 is 26.4 Å². The maximum Gasteiger partial charge on any atom is 0.394 e. The van der Waals surface area contributed by atoms with E-state index in [1.165, 1.54) is 14.1 Å². The normalized spacial score (nSPS) is 23.0. The van der Waals surface area contributed by atoms with Gasteiger partial charge in [0, 0.05) is 33.7 Å². The van der Waals surface area contributed by atoms with Gasteiger partial charge in [0.2, 0.25) is 10.0 Å². The highest BCUT2D eigenvalue weighted by Gasteiger charge is 2.55. The van der Waals surface area contributed by atoms with Gasteiger partial charge in [-0.2, -0.15) is 13.2 Å². The summed E-state index contributed by atoms with van der Waals surface area (Å²) >= 11 is 0. The molecule has 0 bridgehead atoms. The molecule has 2 atom stereocenters. The molecule has 2 amide bonds. The lowest BCUT2D eigenvalue weighted by Gasteiger charge is -2.23. The molecule has 0 aliphatic carbocycles. The van der Waals surface area contributed by atoms with Crippen LogP contribution in [0.2, 0.25) is 0 Å². The van der Waals surface area contributed by atoms with Crippen molar-refractivity contribution in [2.45, 2.75) is 24.8 Å². The number of hydrogen-bond donors (Lipinski definition) is 1. The van der Waals surface area contributed by atoms with Gasteiger partial charge in [0.05, 0.1) is 5.92 Å². The van der Waals surface area contributed by atoms with Gasteiger partial charge in [0.1, 0.15) is 5.25 Å². The predicted octanol–water partition coefficient (Wildman–Crippen LogP) is 1.42. The Morgan fingerprint density at radius 1 is 1.30 bits per heavy atom. The first-order valence-corrected chi connectivity index (χ1v) is 8.68. The molecule has 0 saturated carbocycles. The minimum atomic E-state index is -4.69. The number of allylic oxidation sites excluding steroid dienone is 1. The number of nitrogens with zero attached hydrogens (tertiary/aromatic N) is 2. The highest BCUT2D eigenvalue weighted by atomic mass is 32.2. The molecule has 6 nitrogen and oxygen atoms in total. The van der Waals surface area contributed by atoms with Crippen molar-refractivity contribution in [3.8, 4) is 0 Å². The first-order valence-electron chi connectivity index (χ1n) is 7.17. The lowest BCUT2D eigenvalue weighted by atomic mass is 10.1. The van der Waals surface area contributed by atoms with E-state index in [1.807, 2.05) is 13.0 Å². The van der Waals surface area contributed by atoms with Crippen LogP contribution in [0, 0.1) is 5.92 Å². The number of carbonyl (C=O) groups is 1. The highest BCUT2D eigenvalue weighted by molar-refractivity contribution is 7.89. The zero-order chi connectivity index (χ0) is 17.8. The first kappa shape index (κ1) is 19.8. The van der Waals surface area contributed by atoms with Crippen molar-refractivity contribution in [1.82, 2.24) is 14.5 Å². The molecular formula is C13H22F3N3O3S. The third-order valence-electron chi connectivity index (χ3n) is 3.64. The molecule has 1 heterocycles. The third-order valence-corrected chi connectivity index (χ3v) is 5.90. The molecule has 134 valence electrons. The van der Waals surface area contributed by atoms with Crippen molar-refractivity contribution in [3.63, 3.8) is 0 Å². The maximum absolute atomic E-state index is 13.1. The smallest absolute Gasteiger partial charge is 0.335 e. The summed E-state index contributed by atoms with van der Waals surface area (Å²) < 4.78 is 64.4. The summed E-state index contributed by atoms with van der Waals surface area (Å²) in [6.07, 6.45) is -0.422. The Morgan fingerprint density at radius 2 is 1.91 bits per heavy atom. The van der Waals surface area contributed by atoms with Gasteiger partial charge in [-0.05, 0) is 6.42 Å². The summed E-state index contributed by atoms with van der Waals surface area (Å²) in [6.45, 7) is 0.951. The fourth-order valence-corrected chi connectivity index (χ4v) is 3.90. The number of likely N-dealkylation sites (tertiary alicyclic amines) is 1. The van der Waals surface area contributed by atoms with E-state index in [-0.39, 0.29) is 6.54 Å². The van der Waals surface area contributed by atoms with Crippen molar-refractivity contribution in [1.29, 1.82) is 0 Å². The second-order valence-electron chi connectivity index (χ2n) is 5.48. The largest absolute Gasteiger partial charge is 0.394 e. The molecule has 0 aromatic heterocycles. The third kappa shape index (κ3) is 4.84. The van der Waals surface area contributed by atoms with Gasteiger partial charge in [0.25, 0.3) is 0 Å². The van der Waals surface area contributed by atoms with Gasteiger partial charge in [-0.15, -0.1) is 0 Å². The maximum atomic E-state index is 13.1. The van der Waals surface area contributed by atoms with E-state index in [1.54, 1.807) is 6.08 Å². The number of nitrogens with one attached hydrogen (secondary N) is 1. The van der Waals surface area contributed by atoms with E-state index in [9.17, 15) is 26.4 Å². The Balaban J connectivity index is 2.89. The molecule has 1 N–H and O–H groups in total. The topological polar surface area (TPSA) is 69.7 Å². The Bertz CT molecular complexity index is 546. The van der Waals surface area contributed by atoms with Crippen LogP contribution in [0.1, 0.15) is 13.3 Å². The van der Waals surface area contributed by atoms with Crippen molar-refractivity contribution >= 4 is 16.1 Å². The monoisotopic (exact) mass is 357 g/mol. The Hall–Kier alpha value is -1.29. The number of hydrogen-bond acceptors (Lipinski definition) is 3. The van der Waals surface area contributed by atoms with Gasteiger partial charge in [0.15, 0.2) is 0 Å². The molecule has 1 saturated heterocycles. The highest BCUT2D eigenvalue weighted by Crippen LogP contribution is 2.37. The summed E-state index contributed by atoms with van der Waals surface area (Å²) in [4.78, 5) is 12.8. The SMILES string of the molecule is CC/C=C/CNC(=O)N1C[C@H](C(F)(F)F)[C@@H](S(=O)(=O)N(C)C)C1. The van der Waals surface area contributed by atoms with Crippen molar-refractivity contribution in [3.05, 3.63) is 12.2 Å². The van der Waals surface area contributed by atoms with Gasteiger partial charge >= 0.3 is 12.2 Å². The molecule has 1 aliphatic rings. The number of amides is 2. The molecule has 0 radical (unpaired) electrons. The fraction of sp³-hybridized carbons (Fsp3) is 0.769. The van der Waals surface area contributed by atoms with Crippen LogP contribution < -0.4 is 5.32 Å². The van der Waals surface area contributed by atoms with E-state index in [0.29, 0.717) is 0 Å². The van der Waals surface area contributed by atoms with Crippen LogP contribution in [0.4, 0.5) is 18.0 Å². The molecule has 0 unspecified atom stereocenters. The molecular weight excluding hydrogens is 335 g/mol. The van der Waals surface area contributed by atoms with Crippen LogP contribution >= 0.6 is 0 Å². The molecule has 0 aromatic carbocycles. The molecule has 1 fully saturated rings. The average Bonchev–Trinajstić information content (AvgIpc) is 2.89. The minimum Gasteiger partial charge on any atom is -0.335 e. The average molecular weight is 357 g/mol. The Kier molecular flexibility index (Phi) is 6.46. The Labute approximate surface area is 134 Å². The van der Waals surface area contributed by atoms with Gasteiger partial charge < -0.3 is 10.2 Å². The Morgan fingerprint density at radius 3 is 2.39 bits per heavy atom. The van der Waals surface area contributed by atoms with Crippen LogP contribution in [0.5, 0.6) is 0 Å². The fourth-order valence-electron chi connectivity index (χ4n) is 2.33. The standard InChI is InChI=1S/C13H22F3N3O3S/c1-4-5-6-7-17-12(20)19-8-10(13(14,15)16)11(9-19)23(21,22)18(2)3/h5-6,10-11H,4,7-9H2,1-3H3,(H,17,20)/b6-5+/t10-,11-/m0/s1. The summed E-state index contributed by atoms with van der Waals surface area (Å²) in [5, 5.41) is 0.771. The molecule has 0 spiro atoms. The van der Waals surface area contributed by atoms with Gasteiger partial charge in [-0.25, -0.2) is 17.5 Å². The van der Waals surface area contributed by atoms with Crippen LogP contribution in [0.25, 0.3) is 0 Å². The van der Waals surface area contributed by atoms with Crippen molar-refractivity contribution in [2.75, 3.05) is 33.7 Å². The molecule has 23 heavy (non-hydrogen) atoms. The van der Waals surface area contributed by atoms with Crippen LogP contribution in [-0.4, -0.2) is 68.8 Å². The van der Waals surface area contributed by atoms with E-state index in [2.05, 4.69) is 5.32 Å². The number of sulfonamides is 1. The zero-order valence-electron chi connectivity index (χ0n) is 13.3. The van der Waals surface area contributed by atoms with Gasteiger partial charge in [-0.3, -0.25) is 0 Å². The molecule has 10 heteroatoms. The quantitative estimate of drug-likeness (QED) is 0.757. The molecule has 0 aromatic rings. The van der Waals surface area contributed by atoms with E-state index in [4.69, 9.17) is 0 Å². The van der Waals surface area contributed by atoms with Crippen LogP contribution in [0.15, 0.2) is 12.2 Å². The summed E-state index contributed by atoms with van der Waals surface area (Å²) in [7, 11) is -1.76. The lowest BCUT2D eigenvalue weighted by molar-refractivity contribution is -0.169. The van der Waals surface area contributed by atoms with E-state index < -0.39 is 46.5 Å². The van der Waals surface area contributed by atoms with Crippen LogP contribution in [0.3, 0.4) is 0 Å². The summed E-state index contributed by atoms with van der Waals surface area (Å²) in [5.74, 6) is -2.09.